The third-order valence-electron chi connectivity index (χ3n) is 4.28. The highest BCUT2D eigenvalue weighted by Gasteiger charge is 2.23. The van der Waals surface area contributed by atoms with E-state index < -0.39 is 11.7 Å². The summed E-state index contributed by atoms with van der Waals surface area (Å²) in [6.45, 7) is 4.55. The molecule has 1 aliphatic heterocycles. The second kappa shape index (κ2) is 9.36. The van der Waals surface area contributed by atoms with Crippen LogP contribution < -0.4 is 15.4 Å². The number of methoxy groups -OCH3 is 1. The number of carbonyl (C=O) groups is 2. The van der Waals surface area contributed by atoms with E-state index in [1.54, 1.807) is 6.07 Å². The third-order valence-corrected chi connectivity index (χ3v) is 4.28. The molecule has 0 bridgehead atoms. The van der Waals surface area contributed by atoms with Crippen LogP contribution in [-0.4, -0.2) is 56.0 Å². The minimum atomic E-state index is -0.595. The van der Waals surface area contributed by atoms with Crippen LogP contribution in [0.5, 0.6) is 5.75 Å². The van der Waals surface area contributed by atoms with Gasteiger partial charge in [0.15, 0.2) is 0 Å². The Morgan fingerprint density at radius 2 is 2.04 bits per heavy atom. The number of hydrogen-bond acceptors (Lipinski definition) is 4. The van der Waals surface area contributed by atoms with E-state index in [0.29, 0.717) is 18.8 Å². The smallest absolute Gasteiger partial charge is 0.254 e. The van der Waals surface area contributed by atoms with E-state index >= 15 is 0 Å². The summed E-state index contributed by atoms with van der Waals surface area (Å²) in [5.74, 6) is -0.602. The van der Waals surface area contributed by atoms with Crippen molar-refractivity contribution in [3.8, 4) is 5.75 Å². The van der Waals surface area contributed by atoms with Crippen LogP contribution >= 0.6 is 0 Å². The van der Waals surface area contributed by atoms with Crippen molar-refractivity contribution >= 4 is 11.8 Å². The first kappa shape index (κ1) is 19.2. The minimum absolute atomic E-state index is 0.0102. The number of nitrogens with zero attached hydrogens (tertiary/aromatic N) is 1. The van der Waals surface area contributed by atoms with E-state index in [-0.39, 0.29) is 17.5 Å². The topological polar surface area (TPSA) is 70.7 Å². The average molecular weight is 351 g/mol. The Morgan fingerprint density at radius 3 is 2.64 bits per heavy atom. The van der Waals surface area contributed by atoms with Gasteiger partial charge in [-0.25, -0.2) is 4.39 Å². The van der Waals surface area contributed by atoms with Crippen LogP contribution in [0.4, 0.5) is 4.39 Å². The molecule has 2 amide bonds. The monoisotopic (exact) mass is 351 g/mol. The molecule has 0 unspecified atom stereocenters. The van der Waals surface area contributed by atoms with Gasteiger partial charge in [0.2, 0.25) is 5.91 Å². The zero-order chi connectivity index (χ0) is 18.2. The van der Waals surface area contributed by atoms with Crippen LogP contribution in [-0.2, 0) is 4.79 Å². The Hall–Kier alpha value is -2.15. The van der Waals surface area contributed by atoms with Crippen molar-refractivity contribution < 1.29 is 18.7 Å². The van der Waals surface area contributed by atoms with Crippen molar-refractivity contribution in [1.82, 2.24) is 15.5 Å². The van der Waals surface area contributed by atoms with Crippen LogP contribution in [0.2, 0.25) is 0 Å². The van der Waals surface area contributed by atoms with Crippen molar-refractivity contribution in [2.45, 2.75) is 32.2 Å². The Balaban J connectivity index is 1.79. The lowest BCUT2D eigenvalue weighted by Crippen LogP contribution is -2.47. The Kier molecular flexibility index (Phi) is 7.18. The highest BCUT2D eigenvalue weighted by Crippen LogP contribution is 2.17. The molecular formula is C18H26FN3O3. The first-order chi connectivity index (χ1) is 12.0. The zero-order valence-electron chi connectivity index (χ0n) is 14.8. The number of rotatable bonds is 7. The van der Waals surface area contributed by atoms with Crippen LogP contribution in [0.3, 0.4) is 0 Å². The number of hydrogen-bond donors (Lipinski definition) is 2. The van der Waals surface area contributed by atoms with Crippen molar-refractivity contribution in [1.29, 1.82) is 0 Å². The molecule has 0 radical (unpaired) electrons. The van der Waals surface area contributed by atoms with E-state index in [4.69, 9.17) is 4.74 Å². The van der Waals surface area contributed by atoms with Gasteiger partial charge in [-0.2, -0.15) is 0 Å². The standard InChI is InChI=1S/C18H26FN3O3/c1-3-8-20-17(23)12-22-9-6-13(7-10-22)21-18(24)15-5-4-14(25-2)11-16(15)19/h4-5,11,13H,3,6-10,12H2,1-2H3,(H,20,23)(H,21,24). The third kappa shape index (κ3) is 5.70. The number of halogens is 1. The van der Waals surface area contributed by atoms with Crippen molar-refractivity contribution in [2.75, 3.05) is 33.3 Å². The molecule has 1 fully saturated rings. The molecule has 1 heterocycles. The summed E-state index contributed by atoms with van der Waals surface area (Å²) in [6, 6.07) is 4.18. The zero-order valence-corrected chi connectivity index (χ0v) is 14.8. The van der Waals surface area contributed by atoms with Crippen LogP contribution in [0.15, 0.2) is 18.2 Å². The number of benzene rings is 1. The summed E-state index contributed by atoms with van der Waals surface area (Å²) in [5.41, 5.74) is 0.0159. The Morgan fingerprint density at radius 1 is 1.32 bits per heavy atom. The number of carbonyl (C=O) groups excluding carboxylic acids is 2. The fourth-order valence-corrected chi connectivity index (χ4v) is 2.83. The molecule has 0 aliphatic carbocycles. The highest BCUT2D eigenvalue weighted by atomic mass is 19.1. The van der Waals surface area contributed by atoms with Crippen LogP contribution in [0.25, 0.3) is 0 Å². The van der Waals surface area contributed by atoms with Crippen molar-refractivity contribution in [3.05, 3.63) is 29.6 Å². The Bertz CT molecular complexity index is 601. The van der Waals surface area contributed by atoms with Gasteiger partial charge in [-0.05, 0) is 31.4 Å². The van der Waals surface area contributed by atoms with E-state index in [0.717, 1.165) is 32.4 Å². The molecule has 25 heavy (non-hydrogen) atoms. The molecule has 0 spiro atoms. The second-order valence-electron chi connectivity index (χ2n) is 6.22. The van der Waals surface area contributed by atoms with Gasteiger partial charge in [-0.3, -0.25) is 14.5 Å². The number of piperidine rings is 1. The lowest BCUT2D eigenvalue weighted by atomic mass is 10.0. The SMILES string of the molecule is CCCNC(=O)CN1CCC(NC(=O)c2ccc(OC)cc2F)CC1. The number of ether oxygens (including phenoxy) is 1. The largest absolute Gasteiger partial charge is 0.497 e. The maximum Gasteiger partial charge on any atom is 0.254 e. The quantitative estimate of drug-likeness (QED) is 0.782. The minimum Gasteiger partial charge on any atom is -0.497 e. The molecule has 0 saturated carbocycles. The fraction of sp³-hybridized carbons (Fsp3) is 0.556. The Labute approximate surface area is 147 Å². The van der Waals surface area contributed by atoms with Crippen molar-refractivity contribution in [3.63, 3.8) is 0 Å². The number of nitrogens with one attached hydrogen (secondary N) is 2. The average Bonchev–Trinajstić information content (AvgIpc) is 2.61. The summed E-state index contributed by atoms with van der Waals surface area (Å²) >= 11 is 0. The molecule has 0 aromatic heterocycles. The van der Waals surface area contributed by atoms with Gasteiger partial charge in [-0.15, -0.1) is 0 Å². The molecular weight excluding hydrogens is 325 g/mol. The molecule has 0 atom stereocenters. The first-order valence-corrected chi connectivity index (χ1v) is 8.67. The van der Waals surface area contributed by atoms with E-state index in [9.17, 15) is 14.0 Å². The summed E-state index contributed by atoms with van der Waals surface area (Å²) in [7, 11) is 1.45. The summed E-state index contributed by atoms with van der Waals surface area (Å²) in [4.78, 5) is 26.0. The van der Waals surface area contributed by atoms with Gasteiger partial charge in [0.1, 0.15) is 11.6 Å². The molecule has 1 aliphatic rings. The fourth-order valence-electron chi connectivity index (χ4n) is 2.83. The molecule has 6 nitrogen and oxygen atoms in total. The molecule has 7 heteroatoms. The van der Waals surface area contributed by atoms with E-state index in [1.807, 2.05) is 6.92 Å². The van der Waals surface area contributed by atoms with Gasteiger partial charge in [-0.1, -0.05) is 6.92 Å². The van der Waals surface area contributed by atoms with Crippen LogP contribution in [0, 0.1) is 5.82 Å². The molecule has 2 rings (SSSR count). The van der Waals surface area contributed by atoms with Gasteiger partial charge < -0.3 is 15.4 Å². The molecule has 1 aromatic carbocycles. The maximum atomic E-state index is 14.0. The number of likely N-dealkylation sites (tertiary alicyclic amines) is 1. The predicted octanol–water partition coefficient (Wildman–Crippen LogP) is 1.55. The molecule has 1 aromatic rings. The van der Waals surface area contributed by atoms with Gasteiger partial charge in [0.25, 0.3) is 5.91 Å². The molecule has 2 N–H and O–H groups in total. The maximum absolute atomic E-state index is 14.0. The lowest BCUT2D eigenvalue weighted by molar-refractivity contribution is -0.122. The highest BCUT2D eigenvalue weighted by molar-refractivity contribution is 5.94. The lowest BCUT2D eigenvalue weighted by Gasteiger charge is -2.31. The van der Waals surface area contributed by atoms with Gasteiger partial charge in [0.05, 0.1) is 19.2 Å². The number of amides is 2. The molecule has 138 valence electrons. The van der Waals surface area contributed by atoms with Gasteiger partial charge >= 0.3 is 0 Å². The van der Waals surface area contributed by atoms with Crippen molar-refractivity contribution in [2.24, 2.45) is 0 Å². The van der Waals surface area contributed by atoms with Crippen LogP contribution in [0.1, 0.15) is 36.5 Å². The summed E-state index contributed by atoms with van der Waals surface area (Å²) in [6.07, 6.45) is 2.40. The first-order valence-electron chi connectivity index (χ1n) is 8.67. The predicted molar refractivity (Wildman–Crippen MR) is 93.2 cm³/mol. The van der Waals surface area contributed by atoms with E-state index in [1.165, 1.54) is 19.2 Å². The van der Waals surface area contributed by atoms with E-state index in [2.05, 4.69) is 15.5 Å². The second-order valence-corrected chi connectivity index (χ2v) is 6.22. The van der Waals surface area contributed by atoms with Gasteiger partial charge in [0, 0.05) is 31.7 Å². The normalized spacial score (nSPS) is 15.6. The summed E-state index contributed by atoms with van der Waals surface area (Å²) in [5, 5.41) is 5.73. The molecule has 1 saturated heterocycles. The summed E-state index contributed by atoms with van der Waals surface area (Å²) < 4.78 is 18.9.